The number of nitrogens with zero attached hydrogens (tertiary/aromatic N) is 2. The van der Waals surface area contributed by atoms with Crippen LogP contribution in [0.5, 0.6) is 23.0 Å². The molecule has 0 bridgehead atoms. The number of fused-ring (bicyclic) bond motifs is 1. The average Bonchev–Trinajstić information content (AvgIpc) is 3.18. The number of aromatic hydroxyl groups is 1. The van der Waals surface area contributed by atoms with Crippen molar-refractivity contribution >= 4 is 17.4 Å². The van der Waals surface area contributed by atoms with Crippen molar-refractivity contribution < 1.29 is 38.7 Å². The largest absolute Gasteiger partial charge is 0.507 e. The van der Waals surface area contributed by atoms with Crippen LogP contribution in [0.4, 0.5) is 0 Å². The Kier molecular flexibility index (Phi) is 7.20. The maximum atomic E-state index is 13.4. The zero-order valence-corrected chi connectivity index (χ0v) is 20.6. The Morgan fingerprint density at radius 1 is 1.00 bits per heavy atom. The van der Waals surface area contributed by atoms with Crippen LogP contribution in [0.25, 0.3) is 5.76 Å². The number of Topliss-reactive ketones (excluding diaryl/α,β-unsaturated/α-hetero) is 1. The molecule has 0 spiro atoms. The summed E-state index contributed by atoms with van der Waals surface area (Å²) in [5.41, 5.74) is 0.850. The molecule has 3 heterocycles. The van der Waals surface area contributed by atoms with Gasteiger partial charge in [0, 0.05) is 31.7 Å². The van der Waals surface area contributed by atoms with Crippen LogP contribution in [-0.2, 0) is 14.3 Å². The van der Waals surface area contributed by atoms with Crippen molar-refractivity contribution in [2.45, 2.75) is 13.0 Å². The number of phenolic OH excluding ortho intramolecular Hbond substituents is 1. The Bertz CT molecular complexity index is 1220. The molecule has 0 saturated carbocycles. The number of aliphatic hydroxyl groups is 1. The lowest BCUT2D eigenvalue weighted by Crippen LogP contribution is -2.42. The highest BCUT2D eigenvalue weighted by Crippen LogP contribution is 2.42. The molecule has 2 fully saturated rings. The molecule has 196 valence electrons. The minimum absolute atomic E-state index is 0.0307. The van der Waals surface area contributed by atoms with E-state index in [1.165, 1.54) is 11.0 Å². The fourth-order valence-corrected chi connectivity index (χ4v) is 4.85. The van der Waals surface area contributed by atoms with Gasteiger partial charge in [-0.1, -0.05) is 6.07 Å². The number of ketones is 1. The number of likely N-dealkylation sites (tertiary alicyclic amines) is 1. The van der Waals surface area contributed by atoms with E-state index in [4.69, 9.17) is 18.9 Å². The molecule has 0 radical (unpaired) electrons. The van der Waals surface area contributed by atoms with Crippen molar-refractivity contribution in [3.8, 4) is 23.0 Å². The Morgan fingerprint density at radius 3 is 2.51 bits per heavy atom. The van der Waals surface area contributed by atoms with Crippen LogP contribution in [0, 0.1) is 0 Å². The number of carbonyl (C=O) groups is 2. The molecule has 5 rings (SSSR count). The minimum Gasteiger partial charge on any atom is -0.507 e. The van der Waals surface area contributed by atoms with E-state index in [2.05, 4.69) is 4.90 Å². The number of aliphatic hydroxyl groups excluding tert-OH is 1. The first-order valence-electron chi connectivity index (χ1n) is 12.4. The van der Waals surface area contributed by atoms with E-state index in [0.29, 0.717) is 62.2 Å². The molecule has 1 atom stereocenters. The van der Waals surface area contributed by atoms with E-state index in [1.807, 2.05) is 0 Å². The van der Waals surface area contributed by atoms with E-state index in [1.54, 1.807) is 37.3 Å². The second-order valence-corrected chi connectivity index (χ2v) is 8.97. The summed E-state index contributed by atoms with van der Waals surface area (Å²) < 4.78 is 22.2. The fourth-order valence-electron chi connectivity index (χ4n) is 4.85. The SMILES string of the molecule is CCOc1cc(C2/C(=C(\O)c3ccc4c(c3)OCCO4)C(=O)C(=O)N2CCN2CCOCC2)ccc1O. The molecule has 1 unspecified atom stereocenters. The second kappa shape index (κ2) is 10.7. The Hall–Kier alpha value is -3.76. The van der Waals surface area contributed by atoms with Gasteiger partial charge in [-0.2, -0.15) is 0 Å². The summed E-state index contributed by atoms with van der Waals surface area (Å²) in [5.74, 6) is -0.586. The Morgan fingerprint density at radius 2 is 1.76 bits per heavy atom. The van der Waals surface area contributed by atoms with Crippen molar-refractivity contribution in [2.75, 3.05) is 59.2 Å². The van der Waals surface area contributed by atoms with Gasteiger partial charge in [0.1, 0.15) is 19.0 Å². The lowest BCUT2D eigenvalue weighted by atomic mass is 9.94. The van der Waals surface area contributed by atoms with Gasteiger partial charge in [-0.3, -0.25) is 14.5 Å². The number of rotatable bonds is 7. The molecule has 2 N–H and O–H groups in total. The Labute approximate surface area is 214 Å². The molecule has 2 aromatic rings. The van der Waals surface area contributed by atoms with Crippen LogP contribution >= 0.6 is 0 Å². The maximum Gasteiger partial charge on any atom is 0.295 e. The van der Waals surface area contributed by atoms with Crippen molar-refractivity contribution in [3.05, 3.63) is 53.1 Å². The minimum atomic E-state index is -0.867. The second-order valence-electron chi connectivity index (χ2n) is 8.97. The molecule has 37 heavy (non-hydrogen) atoms. The fraction of sp³-hybridized carbons (Fsp3) is 0.407. The number of hydrogen-bond donors (Lipinski definition) is 2. The van der Waals surface area contributed by atoms with E-state index >= 15 is 0 Å². The summed E-state index contributed by atoms with van der Waals surface area (Å²) in [6.45, 7) is 6.44. The monoisotopic (exact) mass is 510 g/mol. The Balaban J connectivity index is 1.56. The molecule has 0 aromatic heterocycles. The molecule has 0 aliphatic carbocycles. The number of morpholine rings is 1. The topological polar surface area (TPSA) is 118 Å². The van der Waals surface area contributed by atoms with Gasteiger partial charge in [0.15, 0.2) is 23.0 Å². The van der Waals surface area contributed by atoms with Crippen LogP contribution in [-0.4, -0.2) is 90.9 Å². The maximum absolute atomic E-state index is 13.4. The number of benzene rings is 2. The van der Waals surface area contributed by atoms with Gasteiger partial charge in [0.2, 0.25) is 0 Å². The predicted molar refractivity (Wildman–Crippen MR) is 133 cm³/mol. The summed E-state index contributed by atoms with van der Waals surface area (Å²) in [7, 11) is 0. The van der Waals surface area contributed by atoms with Crippen molar-refractivity contribution in [3.63, 3.8) is 0 Å². The first kappa shape index (κ1) is 24.9. The van der Waals surface area contributed by atoms with Gasteiger partial charge in [0.25, 0.3) is 11.7 Å². The molecule has 2 saturated heterocycles. The molecule has 3 aliphatic rings. The molecular weight excluding hydrogens is 480 g/mol. The van der Waals surface area contributed by atoms with Gasteiger partial charge < -0.3 is 34.1 Å². The third-order valence-electron chi connectivity index (χ3n) is 6.72. The van der Waals surface area contributed by atoms with Crippen LogP contribution in [0.3, 0.4) is 0 Å². The van der Waals surface area contributed by atoms with Crippen molar-refractivity contribution in [1.29, 1.82) is 0 Å². The summed E-state index contributed by atoms with van der Waals surface area (Å²) in [6.07, 6.45) is 0. The number of amides is 1. The van der Waals surface area contributed by atoms with E-state index in [-0.39, 0.29) is 29.4 Å². The van der Waals surface area contributed by atoms with Crippen LogP contribution in [0.1, 0.15) is 24.1 Å². The van der Waals surface area contributed by atoms with Crippen LogP contribution < -0.4 is 14.2 Å². The predicted octanol–water partition coefficient (Wildman–Crippen LogP) is 2.32. The number of carbonyl (C=O) groups excluding carboxylic acids is 2. The zero-order chi connectivity index (χ0) is 25.9. The highest BCUT2D eigenvalue weighted by molar-refractivity contribution is 6.46. The van der Waals surface area contributed by atoms with E-state index < -0.39 is 17.7 Å². The van der Waals surface area contributed by atoms with Gasteiger partial charge >= 0.3 is 0 Å². The van der Waals surface area contributed by atoms with E-state index in [0.717, 1.165) is 13.1 Å². The lowest BCUT2D eigenvalue weighted by molar-refractivity contribution is -0.140. The standard InChI is InChI=1S/C27H30N2O8/c1-2-35-21-15-17(3-5-19(21)30)24-23(25(31)18-4-6-20-22(16-18)37-14-13-36-20)26(32)27(33)29(24)8-7-28-9-11-34-12-10-28/h3-6,15-16,24,30-31H,2,7-14H2,1H3/b25-23+. The zero-order valence-electron chi connectivity index (χ0n) is 20.6. The lowest BCUT2D eigenvalue weighted by Gasteiger charge is -2.31. The van der Waals surface area contributed by atoms with Crippen molar-refractivity contribution in [1.82, 2.24) is 9.80 Å². The molecule has 10 nitrogen and oxygen atoms in total. The summed E-state index contributed by atoms with van der Waals surface area (Å²) in [6, 6.07) is 8.73. The highest BCUT2D eigenvalue weighted by Gasteiger charge is 2.46. The molecule has 2 aromatic carbocycles. The molecule has 1 amide bonds. The van der Waals surface area contributed by atoms with Gasteiger partial charge in [0.05, 0.1) is 31.4 Å². The van der Waals surface area contributed by atoms with E-state index in [9.17, 15) is 19.8 Å². The van der Waals surface area contributed by atoms with Gasteiger partial charge in [-0.15, -0.1) is 0 Å². The smallest absolute Gasteiger partial charge is 0.295 e. The summed E-state index contributed by atoms with van der Waals surface area (Å²) in [4.78, 5) is 30.3. The molecular formula is C27H30N2O8. The normalized spacial score (nSPS) is 21.3. The quantitative estimate of drug-likeness (QED) is 0.329. The van der Waals surface area contributed by atoms with Crippen LogP contribution in [0.2, 0.25) is 0 Å². The van der Waals surface area contributed by atoms with Crippen LogP contribution in [0.15, 0.2) is 42.0 Å². The van der Waals surface area contributed by atoms with Gasteiger partial charge in [-0.05, 0) is 42.8 Å². The third kappa shape index (κ3) is 4.94. The van der Waals surface area contributed by atoms with Gasteiger partial charge in [-0.25, -0.2) is 0 Å². The summed E-state index contributed by atoms with van der Waals surface area (Å²) in [5, 5.41) is 21.6. The number of phenols is 1. The molecule has 10 heteroatoms. The first-order valence-corrected chi connectivity index (χ1v) is 12.4. The van der Waals surface area contributed by atoms with Crippen molar-refractivity contribution in [2.24, 2.45) is 0 Å². The number of ether oxygens (including phenoxy) is 4. The number of hydrogen-bond acceptors (Lipinski definition) is 9. The molecule has 3 aliphatic heterocycles. The first-order chi connectivity index (χ1) is 18.0. The average molecular weight is 511 g/mol. The summed E-state index contributed by atoms with van der Waals surface area (Å²) >= 11 is 0. The highest BCUT2D eigenvalue weighted by atomic mass is 16.6. The third-order valence-corrected chi connectivity index (χ3v) is 6.72.